The molecular weight excluding hydrogens is 399 g/mol. The second-order valence-electron chi connectivity index (χ2n) is 7.93. The molecule has 7 nitrogen and oxygen atoms in total. The van der Waals surface area contributed by atoms with Gasteiger partial charge in [0.05, 0.1) is 19.8 Å². The molecule has 1 atom stereocenters. The van der Waals surface area contributed by atoms with Crippen LogP contribution in [0.4, 0.5) is 15.8 Å². The number of halogens is 1. The summed E-state index contributed by atoms with van der Waals surface area (Å²) in [7, 11) is 0. The Morgan fingerprint density at radius 2 is 1.65 bits per heavy atom. The standard InChI is InChI=1S/C23H27FN4O3/c24-17-3-1-16(2-4-17)22(23(30)27-20-9-10-20)26-19-7-5-18(6-8-19)25-21(29)15-28-11-13-31-14-12-28/h1-8,20,22,26H,9-15H2,(H,25,29)(H,27,30). The van der Waals surface area contributed by atoms with Gasteiger partial charge in [-0.3, -0.25) is 14.5 Å². The van der Waals surface area contributed by atoms with Crippen LogP contribution in [0.15, 0.2) is 48.5 Å². The summed E-state index contributed by atoms with van der Waals surface area (Å²) in [6, 6.07) is 12.7. The molecule has 1 heterocycles. The van der Waals surface area contributed by atoms with Crippen LogP contribution < -0.4 is 16.0 Å². The average molecular weight is 426 g/mol. The molecule has 2 fully saturated rings. The van der Waals surface area contributed by atoms with E-state index in [0.717, 1.165) is 31.6 Å². The minimum atomic E-state index is -0.636. The maximum atomic E-state index is 13.3. The number of nitrogens with zero attached hydrogens (tertiary/aromatic N) is 1. The number of ether oxygens (including phenoxy) is 1. The highest BCUT2D eigenvalue weighted by Crippen LogP contribution is 2.25. The van der Waals surface area contributed by atoms with Crippen LogP contribution in [0.2, 0.25) is 0 Å². The molecule has 1 unspecified atom stereocenters. The van der Waals surface area contributed by atoms with Gasteiger partial charge in [-0.25, -0.2) is 4.39 Å². The zero-order valence-corrected chi connectivity index (χ0v) is 17.3. The highest BCUT2D eigenvalue weighted by Gasteiger charge is 2.28. The number of amides is 2. The third kappa shape index (κ3) is 6.26. The molecule has 1 aliphatic heterocycles. The first kappa shape index (κ1) is 21.3. The van der Waals surface area contributed by atoms with Gasteiger partial charge in [0.1, 0.15) is 11.9 Å². The van der Waals surface area contributed by atoms with E-state index in [1.54, 1.807) is 24.3 Å². The van der Waals surface area contributed by atoms with Crippen molar-refractivity contribution in [1.29, 1.82) is 0 Å². The molecule has 4 rings (SSSR count). The molecular formula is C23H27FN4O3. The van der Waals surface area contributed by atoms with Gasteiger partial charge in [-0.15, -0.1) is 0 Å². The lowest BCUT2D eigenvalue weighted by Gasteiger charge is -2.25. The van der Waals surface area contributed by atoms with Gasteiger partial charge >= 0.3 is 0 Å². The first-order chi connectivity index (χ1) is 15.1. The van der Waals surface area contributed by atoms with Gasteiger partial charge in [-0.1, -0.05) is 12.1 Å². The van der Waals surface area contributed by atoms with Crippen molar-refractivity contribution in [2.45, 2.75) is 24.9 Å². The van der Waals surface area contributed by atoms with Gasteiger partial charge in [-0.05, 0) is 54.8 Å². The summed E-state index contributed by atoms with van der Waals surface area (Å²) in [6.07, 6.45) is 1.97. The first-order valence-electron chi connectivity index (χ1n) is 10.6. The average Bonchev–Trinajstić information content (AvgIpc) is 3.58. The Kier molecular flexibility index (Phi) is 6.79. The molecule has 1 saturated carbocycles. The molecule has 1 aliphatic carbocycles. The smallest absolute Gasteiger partial charge is 0.247 e. The molecule has 2 aromatic rings. The number of carbonyl (C=O) groups is 2. The summed E-state index contributed by atoms with van der Waals surface area (Å²) in [5.74, 6) is -0.560. The molecule has 0 spiro atoms. The summed E-state index contributed by atoms with van der Waals surface area (Å²) in [6.45, 7) is 3.14. The predicted octanol–water partition coefficient (Wildman–Crippen LogP) is 2.53. The third-order valence-corrected chi connectivity index (χ3v) is 5.34. The van der Waals surface area contributed by atoms with Crippen molar-refractivity contribution in [2.75, 3.05) is 43.5 Å². The van der Waals surface area contributed by atoms with Crippen LogP contribution in [0.3, 0.4) is 0 Å². The topological polar surface area (TPSA) is 82.7 Å². The molecule has 2 aliphatic rings. The summed E-state index contributed by atoms with van der Waals surface area (Å²) in [5.41, 5.74) is 2.10. The van der Waals surface area contributed by atoms with Crippen molar-refractivity contribution < 1.29 is 18.7 Å². The normalized spacial score (nSPS) is 17.6. The fraction of sp³-hybridized carbons (Fsp3) is 0.391. The molecule has 31 heavy (non-hydrogen) atoms. The molecule has 2 aromatic carbocycles. The number of anilines is 2. The molecule has 0 bridgehead atoms. The van der Waals surface area contributed by atoms with Crippen molar-refractivity contribution in [3.05, 3.63) is 59.9 Å². The van der Waals surface area contributed by atoms with E-state index in [0.29, 0.717) is 31.0 Å². The number of nitrogens with one attached hydrogen (secondary N) is 3. The van der Waals surface area contributed by atoms with Crippen molar-refractivity contribution >= 4 is 23.2 Å². The zero-order chi connectivity index (χ0) is 21.6. The number of carbonyl (C=O) groups excluding carboxylic acids is 2. The van der Waals surface area contributed by atoms with E-state index in [-0.39, 0.29) is 23.7 Å². The minimum Gasteiger partial charge on any atom is -0.379 e. The van der Waals surface area contributed by atoms with E-state index in [1.807, 2.05) is 12.1 Å². The Labute approximate surface area is 181 Å². The SMILES string of the molecule is O=C(CN1CCOCC1)Nc1ccc(NC(C(=O)NC2CC2)c2ccc(F)cc2)cc1. The van der Waals surface area contributed by atoms with Crippen LogP contribution in [0.25, 0.3) is 0 Å². The minimum absolute atomic E-state index is 0.0735. The van der Waals surface area contributed by atoms with Gasteiger partial charge in [0, 0.05) is 30.5 Å². The van der Waals surface area contributed by atoms with Crippen LogP contribution in [0, 0.1) is 5.82 Å². The summed E-state index contributed by atoms with van der Waals surface area (Å²) in [4.78, 5) is 27.1. The van der Waals surface area contributed by atoms with Gasteiger partial charge in [0.2, 0.25) is 11.8 Å². The number of hydrogen-bond donors (Lipinski definition) is 3. The second-order valence-corrected chi connectivity index (χ2v) is 7.93. The first-order valence-corrected chi connectivity index (χ1v) is 10.6. The van der Waals surface area contributed by atoms with E-state index in [2.05, 4.69) is 20.9 Å². The zero-order valence-electron chi connectivity index (χ0n) is 17.3. The largest absolute Gasteiger partial charge is 0.379 e. The van der Waals surface area contributed by atoms with E-state index < -0.39 is 6.04 Å². The van der Waals surface area contributed by atoms with Gasteiger partial charge in [0.15, 0.2) is 0 Å². The molecule has 0 radical (unpaired) electrons. The number of benzene rings is 2. The van der Waals surface area contributed by atoms with Crippen LogP contribution in [0.1, 0.15) is 24.4 Å². The summed E-state index contributed by atoms with van der Waals surface area (Å²) >= 11 is 0. The molecule has 3 N–H and O–H groups in total. The predicted molar refractivity (Wildman–Crippen MR) is 116 cm³/mol. The number of hydrogen-bond acceptors (Lipinski definition) is 5. The van der Waals surface area contributed by atoms with E-state index in [4.69, 9.17) is 4.74 Å². The molecule has 164 valence electrons. The Balaban J connectivity index is 1.38. The van der Waals surface area contributed by atoms with Gasteiger partial charge in [-0.2, -0.15) is 0 Å². The van der Waals surface area contributed by atoms with Crippen molar-refractivity contribution in [3.8, 4) is 0 Å². The van der Waals surface area contributed by atoms with Crippen LogP contribution in [0.5, 0.6) is 0 Å². The number of morpholine rings is 1. The van der Waals surface area contributed by atoms with E-state index >= 15 is 0 Å². The van der Waals surface area contributed by atoms with Gasteiger partial charge < -0.3 is 20.7 Å². The fourth-order valence-electron chi connectivity index (χ4n) is 3.45. The van der Waals surface area contributed by atoms with Crippen molar-refractivity contribution in [3.63, 3.8) is 0 Å². The van der Waals surface area contributed by atoms with Gasteiger partial charge in [0.25, 0.3) is 0 Å². The molecule has 2 amide bonds. The Morgan fingerprint density at radius 3 is 2.29 bits per heavy atom. The maximum absolute atomic E-state index is 13.3. The summed E-state index contributed by atoms with van der Waals surface area (Å²) in [5, 5.41) is 9.12. The van der Waals surface area contributed by atoms with Crippen LogP contribution in [-0.4, -0.2) is 55.6 Å². The number of rotatable bonds is 8. The quantitative estimate of drug-likeness (QED) is 0.604. The second kappa shape index (κ2) is 9.89. The van der Waals surface area contributed by atoms with Crippen LogP contribution >= 0.6 is 0 Å². The maximum Gasteiger partial charge on any atom is 0.247 e. The lowest BCUT2D eigenvalue weighted by Crippen LogP contribution is -2.41. The lowest BCUT2D eigenvalue weighted by atomic mass is 10.1. The molecule has 0 aromatic heterocycles. The van der Waals surface area contributed by atoms with E-state index in [9.17, 15) is 14.0 Å². The van der Waals surface area contributed by atoms with Crippen molar-refractivity contribution in [1.82, 2.24) is 10.2 Å². The highest BCUT2D eigenvalue weighted by atomic mass is 19.1. The fourth-order valence-corrected chi connectivity index (χ4v) is 3.45. The van der Waals surface area contributed by atoms with Crippen LogP contribution in [-0.2, 0) is 14.3 Å². The van der Waals surface area contributed by atoms with Crippen molar-refractivity contribution in [2.24, 2.45) is 0 Å². The monoisotopic (exact) mass is 426 g/mol. The Bertz CT molecular complexity index is 894. The third-order valence-electron chi connectivity index (χ3n) is 5.34. The van der Waals surface area contributed by atoms with E-state index in [1.165, 1.54) is 12.1 Å². The molecule has 8 heteroatoms. The lowest BCUT2D eigenvalue weighted by molar-refractivity contribution is -0.122. The molecule has 1 saturated heterocycles. The Morgan fingerprint density at radius 1 is 1.00 bits per heavy atom. The highest BCUT2D eigenvalue weighted by molar-refractivity contribution is 5.92. The summed E-state index contributed by atoms with van der Waals surface area (Å²) < 4.78 is 18.6. The Hall–Kier alpha value is -2.97.